The van der Waals surface area contributed by atoms with E-state index in [1.165, 1.54) is 7.11 Å². The van der Waals surface area contributed by atoms with E-state index in [9.17, 15) is 4.79 Å². The van der Waals surface area contributed by atoms with Crippen LogP contribution in [0.15, 0.2) is 24.3 Å². The van der Waals surface area contributed by atoms with Crippen molar-refractivity contribution in [3.8, 4) is 0 Å². The first-order chi connectivity index (χ1) is 8.31. The van der Waals surface area contributed by atoms with Crippen LogP contribution in [-0.4, -0.2) is 32.3 Å². The number of nitrogens with one attached hydrogen (secondary N) is 1. The first-order valence-corrected chi connectivity index (χ1v) is 5.80. The lowest BCUT2D eigenvalue weighted by Gasteiger charge is -2.12. The molecule has 1 heterocycles. The Morgan fingerprint density at radius 3 is 3.00 bits per heavy atom. The highest BCUT2D eigenvalue weighted by molar-refractivity contribution is 5.90. The van der Waals surface area contributed by atoms with E-state index < -0.39 is 0 Å². The molecular weight excluding hydrogens is 218 g/mol. The van der Waals surface area contributed by atoms with E-state index in [-0.39, 0.29) is 12.1 Å². The molecule has 0 aliphatic carbocycles. The molecule has 1 N–H and O–H groups in total. The molecule has 0 unspecified atom stereocenters. The van der Waals surface area contributed by atoms with Crippen LogP contribution in [0.2, 0.25) is 0 Å². The van der Waals surface area contributed by atoms with E-state index in [2.05, 4.69) is 5.32 Å². The van der Waals surface area contributed by atoms with Crippen molar-refractivity contribution in [3.63, 3.8) is 0 Å². The van der Waals surface area contributed by atoms with Crippen LogP contribution in [0, 0.1) is 0 Å². The normalized spacial score (nSPS) is 19.2. The van der Waals surface area contributed by atoms with Gasteiger partial charge in [0, 0.05) is 6.54 Å². The summed E-state index contributed by atoms with van der Waals surface area (Å²) in [7, 11) is 1.39. The second-order valence-electron chi connectivity index (χ2n) is 4.07. The smallest absolute Gasteiger partial charge is 0.338 e. The van der Waals surface area contributed by atoms with Gasteiger partial charge in [-0.1, -0.05) is 18.2 Å². The van der Waals surface area contributed by atoms with Crippen LogP contribution < -0.4 is 5.32 Å². The van der Waals surface area contributed by atoms with Gasteiger partial charge >= 0.3 is 5.97 Å². The van der Waals surface area contributed by atoms with E-state index in [0.29, 0.717) is 12.2 Å². The van der Waals surface area contributed by atoms with Gasteiger partial charge in [-0.05, 0) is 24.6 Å². The lowest BCUT2D eigenvalue weighted by Crippen LogP contribution is -2.17. The maximum absolute atomic E-state index is 11.5. The van der Waals surface area contributed by atoms with Crippen LogP contribution in [0.4, 0.5) is 0 Å². The zero-order valence-corrected chi connectivity index (χ0v) is 9.94. The molecule has 1 aromatic rings. The molecule has 4 heteroatoms. The predicted octanol–water partition coefficient (Wildman–Crippen LogP) is 1.35. The molecule has 1 saturated heterocycles. The Morgan fingerprint density at radius 1 is 1.47 bits per heavy atom. The fourth-order valence-corrected chi connectivity index (χ4v) is 1.93. The van der Waals surface area contributed by atoms with Crippen LogP contribution in [0.25, 0.3) is 0 Å². The molecule has 1 aliphatic rings. The third kappa shape index (κ3) is 3.05. The number of carbonyl (C=O) groups excluding carboxylic acids is 1. The number of hydrogen-bond acceptors (Lipinski definition) is 4. The Kier molecular flexibility index (Phi) is 4.12. The molecule has 92 valence electrons. The molecule has 1 aliphatic heterocycles. The first kappa shape index (κ1) is 12.1. The minimum atomic E-state index is -0.311. The van der Waals surface area contributed by atoms with Crippen LogP contribution in [-0.2, 0) is 16.1 Å². The molecule has 0 aromatic heterocycles. The van der Waals surface area contributed by atoms with Crippen molar-refractivity contribution in [1.82, 2.24) is 5.32 Å². The van der Waals surface area contributed by atoms with Crippen molar-refractivity contribution in [2.24, 2.45) is 0 Å². The van der Waals surface area contributed by atoms with E-state index in [1.54, 1.807) is 6.07 Å². The molecular formula is C13H17NO3. The maximum atomic E-state index is 11.5. The summed E-state index contributed by atoms with van der Waals surface area (Å²) in [5.41, 5.74) is 1.47. The van der Waals surface area contributed by atoms with Gasteiger partial charge in [0.05, 0.1) is 25.4 Å². The lowest BCUT2D eigenvalue weighted by atomic mass is 10.1. The Bertz CT molecular complexity index is 386. The number of carbonyl (C=O) groups is 1. The molecule has 0 radical (unpaired) electrons. The van der Waals surface area contributed by atoms with Crippen LogP contribution in [0.1, 0.15) is 22.3 Å². The van der Waals surface area contributed by atoms with Gasteiger partial charge in [0.2, 0.25) is 0 Å². The number of ether oxygens (including phenoxy) is 2. The quantitative estimate of drug-likeness (QED) is 0.800. The monoisotopic (exact) mass is 235 g/mol. The average Bonchev–Trinajstić information content (AvgIpc) is 2.89. The van der Waals surface area contributed by atoms with Crippen molar-refractivity contribution >= 4 is 5.97 Å². The fraction of sp³-hybridized carbons (Fsp3) is 0.462. The van der Waals surface area contributed by atoms with Gasteiger partial charge in [-0.2, -0.15) is 0 Å². The van der Waals surface area contributed by atoms with Crippen molar-refractivity contribution in [3.05, 3.63) is 35.4 Å². The summed E-state index contributed by atoms with van der Waals surface area (Å²) in [5, 5.41) is 3.24. The molecule has 0 spiro atoms. The molecule has 0 amide bonds. The largest absolute Gasteiger partial charge is 0.465 e. The number of methoxy groups -OCH3 is 1. The van der Waals surface area contributed by atoms with Gasteiger partial charge in [0.15, 0.2) is 0 Å². The Hall–Kier alpha value is -1.39. The lowest BCUT2D eigenvalue weighted by molar-refractivity contribution is 0.0498. The minimum Gasteiger partial charge on any atom is -0.465 e. The fourth-order valence-electron chi connectivity index (χ4n) is 1.93. The molecule has 17 heavy (non-hydrogen) atoms. The Labute approximate surface area is 101 Å². The standard InChI is InChI=1S/C13H17NO3/c1-16-13(15)12-5-3-2-4-10(12)9-17-11-6-7-14-8-11/h2-5,11,14H,6-9H2,1H3/t11-/m0/s1. The summed E-state index contributed by atoms with van der Waals surface area (Å²) in [6, 6.07) is 7.39. The predicted molar refractivity (Wildman–Crippen MR) is 63.8 cm³/mol. The van der Waals surface area contributed by atoms with Crippen LogP contribution in [0.5, 0.6) is 0 Å². The highest BCUT2D eigenvalue weighted by atomic mass is 16.5. The average molecular weight is 235 g/mol. The maximum Gasteiger partial charge on any atom is 0.338 e. The summed E-state index contributed by atoms with van der Waals surface area (Å²) < 4.78 is 10.5. The molecule has 4 nitrogen and oxygen atoms in total. The van der Waals surface area contributed by atoms with Crippen molar-refractivity contribution in [2.45, 2.75) is 19.1 Å². The molecule has 1 aromatic carbocycles. The highest BCUT2D eigenvalue weighted by Crippen LogP contribution is 2.14. The van der Waals surface area contributed by atoms with E-state index in [4.69, 9.17) is 9.47 Å². The second kappa shape index (κ2) is 5.80. The van der Waals surface area contributed by atoms with Gasteiger partial charge in [-0.15, -0.1) is 0 Å². The van der Waals surface area contributed by atoms with Gasteiger partial charge in [0.1, 0.15) is 0 Å². The number of esters is 1. The minimum absolute atomic E-state index is 0.251. The molecule has 0 saturated carbocycles. The SMILES string of the molecule is COC(=O)c1ccccc1CO[C@H]1CCNC1. The number of rotatable bonds is 4. The Morgan fingerprint density at radius 2 is 2.29 bits per heavy atom. The third-order valence-corrected chi connectivity index (χ3v) is 2.91. The topological polar surface area (TPSA) is 47.6 Å². The summed E-state index contributed by atoms with van der Waals surface area (Å²) in [4.78, 5) is 11.5. The van der Waals surface area contributed by atoms with E-state index in [1.807, 2.05) is 18.2 Å². The summed E-state index contributed by atoms with van der Waals surface area (Å²) in [6.07, 6.45) is 1.28. The molecule has 1 fully saturated rings. The zero-order valence-electron chi connectivity index (χ0n) is 9.94. The number of benzene rings is 1. The Balaban J connectivity index is 2.01. The molecule has 1 atom stereocenters. The number of hydrogen-bond donors (Lipinski definition) is 1. The van der Waals surface area contributed by atoms with Crippen LogP contribution >= 0.6 is 0 Å². The van der Waals surface area contributed by atoms with Gasteiger partial charge in [-0.25, -0.2) is 4.79 Å². The third-order valence-electron chi connectivity index (χ3n) is 2.91. The first-order valence-electron chi connectivity index (χ1n) is 5.80. The van der Waals surface area contributed by atoms with Gasteiger partial charge in [0.25, 0.3) is 0 Å². The van der Waals surface area contributed by atoms with Gasteiger partial charge in [-0.3, -0.25) is 0 Å². The van der Waals surface area contributed by atoms with E-state index >= 15 is 0 Å². The summed E-state index contributed by atoms with van der Waals surface area (Å²) in [6.45, 7) is 2.35. The highest BCUT2D eigenvalue weighted by Gasteiger charge is 2.16. The van der Waals surface area contributed by atoms with Crippen molar-refractivity contribution in [2.75, 3.05) is 20.2 Å². The van der Waals surface area contributed by atoms with Gasteiger partial charge < -0.3 is 14.8 Å². The zero-order chi connectivity index (χ0) is 12.1. The second-order valence-corrected chi connectivity index (χ2v) is 4.07. The summed E-state index contributed by atoms with van der Waals surface area (Å²) in [5.74, 6) is -0.311. The van der Waals surface area contributed by atoms with Crippen molar-refractivity contribution < 1.29 is 14.3 Å². The van der Waals surface area contributed by atoms with Crippen LogP contribution in [0.3, 0.4) is 0 Å². The van der Waals surface area contributed by atoms with E-state index in [0.717, 1.165) is 25.1 Å². The molecule has 0 bridgehead atoms. The van der Waals surface area contributed by atoms with Crippen molar-refractivity contribution in [1.29, 1.82) is 0 Å². The summed E-state index contributed by atoms with van der Waals surface area (Å²) >= 11 is 0. The molecule has 2 rings (SSSR count).